The normalized spacial score (nSPS) is 30.0. The summed E-state index contributed by atoms with van der Waals surface area (Å²) in [5, 5.41) is 16.0. The fourth-order valence-corrected chi connectivity index (χ4v) is 8.08. The SMILES string of the molecule is CC(C)C[C@H](NC(=O)[C@H](CCCN=C(N)N[N+](=O)[O-])NC(=O)CC1CCCCCC1)B1O[C@@H]2C[C@H]3C[C@H](C3(C)C)[C@]2(C)O1. The number of carbonyl (C=O) groups is 2. The van der Waals surface area contributed by atoms with Crippen molar-refractivity contribution in [2.75, 3.05) is 6.54 Å². The lowest BCUT2D eigenvalue weighted by Crippen LogP contribution is -2.65. The molecule has 6 atom stereocenters. The first-order valence-corrected chi connectivity index (χ1v) is 16.4. The maximum Gasteiger partial charge on any atom is 0.481 e. The molecule has 43 heavy (non-hydrogen) atoms. The summed E-state index contributed by atoms with van der Waals surface area (Å²) in [4.78, 5) is 41.6. The van der Waals surface area contributed by atoms with Crippen molar-refractivity contribution in [3.8, 4) is 0 Å². The molecule has 12 nitrogen and oxygen atoms in total. The Morgan fingerprint density at radius 3 is 2.44 bits per heavy atom. The summed E-state index contributed by atoms with van der Waals surface area (Å²) in [6.07, 6.45) is 10.7. The summed E-state index contributed by atoms with van der Waals surface area (Å²) in [6.45, 7) is 11.2. The van der Waals surface area contributed by atoms with Crippen molar-refractivity contribution in [2.45, 2.75) is 135 Å². The zero-order valence-corrected chi connectivity index (χ0v) is 26.7. The molecule has 5 N–H and O–H groups in total. The number of rotatable bonds is 13. The molecule has 4 saturated carbocycles. The maximum atomic E-state index is 13.8. The predicted molar refractivity (Wildman–Crippen MR) is 165 cm³/mol. The smallest absolute Gasteiger partial charge is 0.404 e. The number of carbonyl (C=O) groups excluding carboxylic acids is 2. The second-order valence-corrected chi connectivity index (χ2v) is 14.5. The Morgan fingerprint density at radius 1 is 1.12 bits per heavy atom. The second-order valence-electron chi connectivity index (χ2n) is 14.5. The molecular weight excluding hydrogens is 551 g/mol. The molecule has 0 radical (unpaired) electrons. The number of nitro groups is 1. The number of nitrogens with zero attached hydrogens (tertiary/aromatic N) is 2. The number of hydrogen-bond donors (Lipinski definition) is 4. The van der Waals surface area contributed by atoms with Gasteiger partial charge < -0.3 is 25.7 Å². The van der Waals surface area contributed by atoms with Crippen LogP contribution in [0.25, 0.3) is 0 Å². The molecule has 5 aliphatic rings. The first-order valence-electron chi connectivity index (χ1n) is 16.4. The largest absolute Gasteiger partial charge is 0.481 e. The molecule has 0 unspecified atom stereocenters. The molecule has 1 aliphatic heterocycles. The van der Waals surface area contributed by atoms with E-state index in [4.69, 9.17) is 15.0 Å². The van der Waals surface area contributed by atoms with Crippen molar-refractivity contribution in [1.82, 2.24) is 16.1 Å². The average molecular weight is 605 g/mol. The van der Waals surface area contributed by atoms with Gasteiger partial charge in [0, 0.05) is 13.0 Å². The Kier molecular flexibility index (Phi) is 11.0. The third-order valence-corrected chi connectivity index (χ3v) is 10.6. The van der Waals surface area contributed by atoms with Gasteiger partial charge in [-0.15, -0.1) is 0 Å². The standard InChI is InChI=1S/C30H53BN6O6/c1-19(2)15-25(31-42-24-18-21-17-23(29(21,3)4)30(24,5)43-31)35-27(39)22(13-10-14-33-28(32)36-37(40)41)34-26(38)16-20-11-8-6-7-9-12-20/h19-25H,6-18H2,1-5H3,(H,34,38)(H,35,39)(H3,32,33,36)/t21-,22+,23-,24-,25+,30+/m1/s1. The van der Waals surface area contributed by atoms with Crippen LogP contribution in [0.3, 0.4) is 0 Å². The van der Waals surface area contributed by atoms with E-state index in [9.17, 15) is 19.7 Å². The Morgan fingerprint density at radius 2 is 1.81 bits per heavy atom. The predicted octanol–water partition coefficient (Wildman–Crippen LogP) is 3.51. The van der Waals surface area contributed by atoms with Crippen LogP contribution in [0.5, 0.6) is 0 Å². The Balaban J connectivity index is 1.42. The third-order valence-electron chi connectivity index (χ3n) is 10.6. The van der Waals surface area contributed by atoms with Gasteiger partial charge in [-0.3, -0.25) is 9.59 Å². The van der Waals surface area contributed by atoms with E-state index in [1.54, 1.807) is 0 Å². The molecule has 1 heterocycles. The lowest BCUT2D eigenvalue weighted by molar-refractivity contribution is -0.525. The van der Waals surface area contributed by atoms with E-state index < -0.39 is 18.2 Å². The van der Waals surface area contributed by atoms with Crippen molar-refractivity contribution in [2.24, 2.45) is 39.8 Å². The highest BCUT2D eigenvalue weighted by atomic mass is 16.7. The molecule has 4 aliphatic carbocycles. The number of nitrogens with one attached hydrogen (secondary N) is 3. The Labute approximate surface area is 256 Å². The van der Waals surface area contributed by atoms with Crippen LogP contribution in [0.2, 0.25) is 0 Å². The molecule has 1 saturated heterocycles. The van der Waals surface area contributed by atoms with Gasteiger partial charge >= 0.3 is 7.12 Å². The molecule has 242 valence electrons. The van der Waals surface area contributed by atoms with E-state index in [1.165, 1.54) is 12.8 Å². The number of nitrogens with two attached hydrogens (primary N) is 1. The topological polar surface area (TPSA) is 170 Å². The zero-order chi connectivity index (χ0) is 31.4. The number of hydrazine groups is 1. The van der Waals surface area contributed by atoms with Gasteiger partial charge in [0.2, 0.25) is 11.8 Å². The van der Waals surface area contributed by atoms with Crippen LogP contribution in [0, 0.1) is 39.2 Å². The van der Waals surface area contributed by atoms with Crippen molar-refractivity contribution in [1.29, 1.82) is 0 Å². The van der Waals surface area contributed by atoms with Crippen LogP contribution in [-0.4, -0.2) is 60.2 Å². The molecule has 0 aromatic rings. The zero-order valence-electron chi connectivity index (χ0n) is 26.7. The van der Waals surface area contributed by atoms with Crippen molar-refractivity contribution in [3.05, 3.63) is 10.1 Å². The quantitative estimate of drug-likeness (QED) is 0.0471. The van der Waals surface area contributed by atoms with Gasteiger partial charge in [0.1, 0.15) is 6.04 Å². The van der Waals surface area contributed by atoms with E-state index in [2.05, 4.69) is 50.2 Å². The second kappa shape index (κ2) is 14.1. The highest BCUT2D eigenvalue weighted by molar-refractivity contribution is 6.48. The lowest BCUT2D eigenvalue weighted by Gasteiger charge is -2.64. The molecule has 5 fully saturated rings. The monoisotopic (exact) mass is 604 g/mol. The minimum absolute atomic E-state index is 0.00649. The summed E-state index contributed by atoms with van der Waals surface area (Å²) >= 11 is 0. The van der Waals surface area contributed by atoms with E-state index in [-0.39, 0.29) is 53.3 Å². The molecule has 5 rings (SSSR count). The van der Waals surface area contributed by atoms with Crippen molar-refractivity contribution < 1.29 is 23.9 Å². The molecule has 13 heteroatoms. The molecule has 0 aromatic carbocycles. The Hall–Kier alpha value is -2.41. The Bertz CT molecular complexity index is 1030. The number of guanidine groups is 1. The van der Waals surface area contributed by atoms with Gasteiger partial charge in [0.15, 0.2) is 5.03 Å². The molecule has 0 aromatic heterocycles. The van der Waals surface area contributed by atoms with E-state index >= 15 is 0 Å². The van der Waals surface area contributed by atoms with Crippen molar-refractivity contribution >= 4 is 24.9 Å². The third kappa shape index (κ3) is 8.20. The van der Waals surface area contributed by atoms with Gasteiger partial charge in [-0.1, -0.05) is 58.8 Å². The first-order chi connectivity index (χ1) is 20.3. The maximum absolute atomic E-state index is 13.8. The molecule has 2 amide bonds. The van der Waals surface area contributed by atoms with Crippen LogP contribution >= 0.6 is 0 Å². The van der Waals surface area contributed by atoms with Gasteiger partial charge in [-0.2, -0.15) is 0 Å². The van der Waals surface area contributed by atoms with Gasteiger partial charge in [-0.25, -0.2) is 15.1 Å². The van der Waals surface area contributed by atoms with Gasteiger partial charge in [0.25, 0.3) is 5.96 Å². The van der Waals surface area contributed by atoms with Gasteiger partial charge in [-0.05, 0) is 81.0 Å². The minimum Gasteiger partial charge on any atom is -0.404 e. The fraction of sp³-hybridized carbons (Fsp3) is 0.900. The summed E-state index contributed by atoms with van der Waals surface area (Å²) in [5.41, 5.74) is 7.19. The summed E-state index contributed by atoms with van der Waals surface area (Å²) < 4.78 is 13.3. The van der Waals surface area contributed by atoms with Crippen LogP contribution in [0.15, 0.2) is 4.99 Å². The highest BCUT2D eigenvalue weighted by Crippen LogP contribution is 2.65. The number of amides is 2. The van der Waals surface area contributed by atoms with Gasteiger partial charge in [0.05, 0.1) is 17.6 Å². The minimum atomic E-state index is -0.779. The van der Waals surface area contributed by atoms with Crippen LogP contribution in [0.1, 0.15) is 112 Å². The highest BCUT2D eigenvalue weighted by Gasteiger charge is 2.68. The van der Waals surface area contributed by atoms with E-state index in [0.29, 0.717) is 43.4 Å². The molecule has 0 spiro atoms. The van der Waals surface area contributed by atoms with E-state index in [0.717, 1.165) is 38.5 Å². The lowest BCUT2D eigenvalue weighted by atomic mass is 9.43. The number of aliphatic imine (C=N–C) groups is 1. The summed E-state index contributed by atoms with van der Waals surface area (Å²) in [5.74, 6) is 0.586. The summed E-state index contributed by atoms with van der Waals surface area (Å²) in [6, 6.07) is -0.779. The first kappa shape index (κ1) is 33.5. The number of hydrogen-bond acceptors (Lipinski definition) is 7. The average Bonchev–Trinajstić information content (AvgIpc) is 3.07. The molecule has 2 bridgehead atoms. The fourth-order valence-electron chi connectivity index (χ4n) is 8.08. The van der Waals surface area contributed by atoms with Crippen molar-refractivity contribution in [3.63, 3.8) is 0 Å². The summed E-state index contributed by atoms with van der Waals surface area (Å²) in [7, 11) is -0.559. The molecular formula is C30H53BN6O6. The van der Waals surface area contributed by atoms with Crippen LogP contribution < -0.4 is 21.8 Å². The van der Waals surface area contributed by atoms with Crippen LogP contribution in [0.4, 0.5) is 0 Å². The van der Waals surface area contributed by atoms with E-state index in [1.807, 2.05) is 5.43 Å². The van der Waals surface area contributed by atoms with Crippen LogP contribution in [-0.2, 0) is 18.9 Å².